The van der Waals surface area contributed by atoms with Crippen molar-refractivity contribution in [1.82, 2.24) is 5.32 Å². The molecule has 4 aromatic carbocycles. The number of anilines is 2. The standard InChI is InChI=1S/C32H21BrCl2FN3O4S/c33-19-10-8-18(9-11-19)12-27(38-30(41)25-6-1-2-7-26(25)36)31(42)37-22-4-3-5-24(16-22)44-28-17-29(40)39(32(28)43)23-14-20(34)13-21(35)15-23/h1-16,28H,17H2,(H,37,42)(H,38,41). The Kier molecular flexibility index (Phi) is 9.85. The van der Waals surface area contributed by atoms with Gasteiger partial charge in [-0.3, -0.25) is 19.2 Å². The summed E-state index contributed by atoms with van der Waals surface area (Å²) in [5, 5.41) is 5.15. The zero-order valence-corrected chi connectivity index (χ0v) is 26.4. The molecule has 4 aromatic rings. The molecule has 4 amide bonds. The molecule has 1 heterocycles. The second-order valence-electron chi connectivity index (χ2n) is 9.53. The minimum atomic E-state index is -0.791. The minimum Gasteiger partial charge on any atom is -0.321 e. The average molecular weight is 713 g/mol. The van der Waals surface area contributed by atoms with Gasteiger partial charge in [0.2, 0.25) is 11.8 Å². The quantitative estimate of drug-likeness (QED) is 0.144. The zero-order chi connectivity index (χ0) is 31.4. The number of amides is 4. The fourth-order valence-electron chi connectivity index (χ4n) is 4.36. The van der Waals surface area contributed by atoms with E-state index in [4.69, 9.17) is 23.2 Å². The van der Waals surface area contributed by atoms with E-state index in [1.165, 1.54) is 54.2 Å². The summed E-state index contributed by atoms with van der Waals surface area (Å²) in [6.45, 7) is 0. The second kappa shape index (κ2) is 13.8. The largest absolute Gasteiger partial charge is 0.321 e. The van der Waals surface area contributed by atoms with Gasteiger partial charge in [0.15, 0.2) is 0 Å². The number of hydrogen-bond acceptors (Lipinski definition) is 5. The highest BCUT2D eigenvalue weighted by atomic mass is 79.9. The smallest absolute Gasteiger partial charge is 0.272 e. The number of carbonyl (C=O) groups excluding carboxylic acids is 4. The molecule has 0 saturated carbocycles. The highest BCUT2D eigenvalue weighted by Gasteiger charge is 2.40. The first-order chi connectivity index (χ1) is 21.1. The highest BCUT2D eigenvalue weighted by molar-refractivity contribution is 9.10. The van der Waals surface area contributed by atoms with E-state index in [-0.39, 0.29) is 23.6 Å². The van der Waals surface area contributed by atoms with Gasteiger partial charge < -0.3 is 10.6 Å². The average Bonchev–Trinajstić information content (AvgIpc) is 3.25. The van der Waals surface area contributed by atoms with E-state index in [9.17, 15) is 23.6 Å². The van der Waals surface area contributed by atoms with Gasteiger partial charge in [0.25, 0.3) is 11.8 Å². The summed E-state index contributed by atoms with van der Waals surface area (Å²) in [4.78, 5) is 53.9. The predicted octanol–water partition coefficient (Wildman–Crippen LogP) is 7.73. The summed E-state index contributed by atoms with van der Waals surface area (Å²) < 4.78 is 15.1. The third-order valence-electron chi connectivity index (χ3n) is 6.37. The number of rotatable bonds is 8. The maximum atomic E-state index is 14.3. The van der Waals surface area contributed by atoms with Crippen molar-refractivity contribution in [1.29, 1.82) is 0 Å². The van der Waals surface area contributed by atoms with Crippen LogP contribution in [0.2, 0.25) is 10.0 Å². The van der Waals surface area contributed by atoms with Gasteiger partial charge in [0.05, 0.1) is 16.5 Å². The van der Waals surface area contributed by atoms with Gasteiger partial charge in [-0.25, -0.2) is 9.29 Å². The Morgan fingerprint density at radius 1 is 0.932 bits per heavy atom. The van der Waals surface area contributed by atoms with Crippen LogP contribution in [0, 0.1) is 5.82 Å². The van der Waals surface area contributed by atoms with E-state index in [1.54, 1.807) is 48.5 Å². The first kappa shape index (κ1) is 31.5. The van der Waals surface area contributed by atoms with Crippen LogP contribution in [-0.4, -0.2) is 28.9 Å². The topological polar surface area (TPSA) is 95.6 Å². The summed E-state index contributed by atoms with van der Waals surface area (Å²) in [5.74, 6) is -2.97. The van der Waals surface area contributed by atoms with Crippen LogP contribution in [0.15, 0.2) is 106 Å². The fourth-order valence-corrected chi connectivity index (χ4v) is 6.26. The molecule has 1 aliphatic rings. The molecule has 2 N–H and O–H groups in total. The molecular weight excluding hydrogens is 692 g/mol. The molecule has 1 saturated heterocycles. The lowest BCUT2D eigenvalue weighted by Gasteiger charge is -2.16. The lowest BCUT2D eigenvalue weighted by molar-refractivity contribution is -0.121. The molecule has 1 fully saturated rings. The number of benzene rings is 4. The summed E-state index contributed by atoms with van der Waals surface area (Å²) in [5.41, 5.74) is 0.948. The molecule has 44 heavy (non-hydrogen) atoms. The lowest BCUT2D eigenvalue weighted by atomic mass is 10.1. The van der Waals surface area contributed by atoms with Gasteiger partial charge in [-0.05, 0) is 72.3 Å². The molecule has 0 bridgehead atoms. The first-order valence-corrected chi connectivity index (χ1v) is 15.4. The number of nitrogens with one attached hydrogen (secondary N) is 2. The maximum absolute atomic E-state index is 14.3. The first-order valence-electron chi connectivity index (χ1n) is 13.0. The van der Waals surface area contributed by atoms with E-state index in [0.29, 0.717) is 31.9 Å². The predicted molar refractivity (Wildman–Crippen MR) is 174 cm³/mol. The van der Waals surface area contributed by atoms with Crippen LogP contribution in [0.5, 0.6) is 0 Å². The van der Waals surface area contributed by atoms with Crippen molar-refractivity contribution in [3.8, 4) is 0 Å². The molecule has 0 radical (unpaired) electrons. The van der Waals surface area contributed by atoms with Crippen LogP contribution in [0.1, 0.15) is 22.3 Å². The van der Waals surface area contributed by atoms with Crippen molar-refractivity contribution < 1.29 is 23.6 Å². The van der Waals surface area contributed by atoms with Crippen LogP contribution in [0.25, 0.3) is 6.08 Å². The molecule has 0 aliphatic carbocycles. The van der Waals surface area contributed by atoms with Crippen molar-refractivity contribution in [2.45, 2.75) is 16.6 Å². The third kappa shape index (κ3) is 7.57. The van der Waals surface area contributed by atoms with Crippen molar-refractivity contribution >= 4 is 92.0 Å². The molecule has 7 nitrogen and oxygen atoms in total. The van der Waals surface area contributed by atoms with Crippen LogP contribution in [0.4, 0.5) is 15.8 Å². The summed E-state index contributed by atoms with van der Waals surface area (Å²) in [6.07, 6.45) is 1.44. The molecule has 1 atom stereocenters. The van der Waals surface area contributed by atoms with Gasteiger partial charge in [-0.15, -0.1) is 11.8 Å². The molecule has 1 unspecified atom stereocenters. The van der Waals surface area contributed by atoms with Gasteiger partial charge in [0, 0.05) is 31.5 Å². The second-order valence-corrected chi connectivity index (χ2v) is 12.6. The number of halogens is 4. The number of imide groups is 1. The van der Waals surface area contributed by atoms with E-state index in [0.717, 1.165) is 15.4 Å². The van der Waals surface area contributed by atoms with E-state index in [2.05, 4.69) is 26.6 Å². The molecular formula is C32H21BrCl2FN3O4S. The molecule has 5 rings (SSSR count). The summed E-state index contributed by atoms with van der Waals surface area (Å²) in [6, 6.07) is 23.7. The molecule has 0 aromatic heterocycles. The van der Waals surface area contributed by atoms with E-state index >= 15 is 0 Å². The van der Waals surface area contributed by atoms with Gasteiger partial charge in [-0.1, -0.05) is 69.5 Å². The monoisotopic (exact) mass is 711 g/mol. The normalized spacial score (nSPS) is 15.0. The van der Waals surface area contributed by atoms with Crippen LogP contribution in [-0.2, 0) is 14.4 Å². The zero-order valence-electron chi connectivity index (χ0n) is 22.5. The Bertz CT molecular complexity index is 1800. The molecule has 1 aliphatic heterocycles. The number of thioether (sulfide) groups is 1. The summed E-state index contributed by atoms with van der Waals surface area (Å²) >= 11 is 16.7. The van der Waals surface area contributed by atoms with Crippen LogP contribution in [0.3, 0.4) is 0 Å². The highest BCUT2D eigenvalue weighted by Crippen LogP contribution is 2.36. The van der Waals surface area contributed by atoms with Crippen molar-refractivity contribution in [2.24, 2.45) is 0 Å². The maximum Gasteiger partial charge on any atom is 0.272 e. The molecule has 0 spiro atoms. The van der Waals surface area contributed by atoms with E-state index < -0.39 is 28.8 Å². The van der Waals surface area contributed by atoms with Crippen molar-refractivity contribution in [3.63, 3.8) is 0 Å². The Hall–Kier alpha value is -3.96. The minimum absolute atomic E-state index is 0.0353. The van der Waals surface area contributed by atoms with Gasteiger partial charge in [0.1, 0.15) is 11.5 Å². The fraction of sp³-hybridized carbons (Fsp3) is 0.0625. The Balaban J connectivity index is 1.34. The Labute approximate surface area is 274 Å². The van der Waals surface area contributed by atoms with Crippen molar-refractivity contribution in [2.75, 3.05) is 10.2 Å². The SMILES string of the molecule is O=C(Nc1cccc(SC2CC(=O)N(c3cc(Cl)cc(Cl)c3)C2=O)c1)C(=Cc1ccc(Br)cc1)NC(=O)c1ccccc1F. The third-order valence-corrected chi connectivity index (χ3v) is 8.52. The van der Waals surface area contributed by atoms with Gasteiger partial charge >= 0.3 is 0 Å². The Morgan fingerprint density at radius 2 is 1.64 bits per heavy atom. The van der Waals surface area contributed by atoms with Crippen molar-refractivity contribution in [3.05, 3.63) is 128 Å². The van der Waals surface area contributed by atoms with E-state index in [1.807, 2.05) is 0 Å². The van der Waals surface area contributed by atoms with Gasteiger partial charge in [-0.2, -0.15) is 0 Å². The Morgan fingerprint density at radius 3 is 2.34 bits per heavy atom. The number of hydrogen-bond donors (Lipinski definition) is 2. The lowest BCUT2D eigenvalue weighted by Crippen LogP contribution is -2.31. The number of carbonyl (C=O) groups is 4. The van der Waals surface area contributed by atoms with Crippen LogP contribution >= 0.6 is 50.9 Å². The number of nitrogens with zero attached hydrogens (tertiary/aromatic N) is 1. The molecule has 222 valence electrons. The summed E-state index contributed by atoms with van der Waals surface area (Å²) in [7, 11) is 0. The molecule has 12 heteroatoms. The van der Waals surface area contributed by atoms with Crippen LogP contribution < -0.4 is 15.5 Å².